The zero-order valence-electron chi connectivity index (χ0n) is 17.1. The van der Waals surface area contributed by atoms with Gasteiger partial charge in [-0.1, -0.05) is 53.2 Å². The third-order valence-electron chi connectivity index (χ3n) is 4.91. The fourth-order valence-corrected chi connectivity index (χ4v) is 3.22. The summed E-state index contributed by atoms with van der Waals surface area (Å²) >= 11 is 3.43. The molecule has 2 amide bonds. The number of nitrogens with one attached hydrogen (secondary N) is 1. The smallest absolute Gasteiger partial charge is 0.242 e. The molecule has 0 aliphatic carbocycles. The molecule has 2 rings (SSSR count). The summed E-state index contributed by atoms with van der Waals surface area (Å²) in [5.74, 6) is -0.169. The Labute approximate surface area is 176 Å². The maximum Gasteiger partial charge on any atom is 0.242 e. The summed E-state index contributed by atoms with van der Waals surface area (Å²) in [4.78, 5) is 27.3. The van der Waals surface area contributed by atoms with E-state index >= 15 is 0 Å². The number of rotatable bonds is 8. The second-order valence-electron chi connectivity index (χ2n) is 7.21. The van der Waals surface area contributed by atoms with E-state index in [4.69, 9.17) is 0 Å². The Bertz CT molecular complexity index is 818. The Morgan fingerprint density at radius 3 is 2.29 bits per heavy atom. The van der Waals surface area contributed by atoms with Crippen molar-refractivity contribution in [1.29, 1.82) is 0 Å². The standard InChI is InChI=1S/C23H29BrN2O2/c1-5-12-25-23(28)18(4)26(15-19-8-10-21(24)11-9-19)22(27)14-20-7-6-16(2)17(3)13-20/h6-11,13,18H,5,12,14-15H2,1-4H3,(H,25,28)/t18-/m1/s1. The van der Waals surface area contributed by atoms with Crippen molar-refractivity contribution in [2.45, 2.75) is 53.1 Å². The van der Waals surface area contributed by atoms with Gasteiger partial charge in [0.05, 0.1) is 6.42 Å². The maximum absolute atomic E-state index is 13.1. The van der Waals surface area contributed by atoms with Gasteiger partial charge in [-0.2, -0.15) is 0 Å². The minimum absolute atomic E-state index is 0.0506. The molecule has 1 atom stereocenters. The van der Waals surface area contributed by atoms with Gasteiger partial charge in [-0.05, 0) is 61.6 Å². The van der Waals surface area contributed by atoms with E-state index < -0.39 is 6.04 Å². The molecule has 2 aromatic rings. The molecule has 1 N–H and O–H groups in total. The molecular weight excluding hydrogens is 416 g/mol. The maximum atomic E-state index is 13.1. The number of amides is 2. The van der Waals surface area contributed by atoms with Crippen molar-refractivity contribution in [1.82, 2.24) is 10.2 Å². The van der Waals surface area contributed by atoms with E-state index in [1.807, 2.05) is 56.3 Å². The van der Waals surface area contributed by atoms with Crippen molar-refractivity contribution in [2.24, 2.45) is 0 Å². The Morgan fingerprint density at radius 2 is 1.68 bits per heavy atom. The van der Waals surface area contributed by atoms with E-state index in [-0.39, 0.29) is 18.2 Å². The zero-order chi connectivity index (χ0) is 20.7. The summed E-state index contributed by atoms with van der Waals surface area (Å²) in [6.07, 6.45) is 1.14. The Hall–Kier alpha value is -2.14. The van der Waals surface area contributed by atoms with Crippen LogP contribution in [0.4, 0.5) is 0 Å². The van der Waals surface area contributed by atoms with Crippen molar-refractivity contribution >= 4 is 27.7 Å². The summed E-state index contributed by atoms with van der Waals surface area (Å²) in [6.45, 7) is 8.92. The number of hydrogen-bond donors (Lipinski definition) is 1. The van der Waals surface area contributed by atoms with Gasteiger partial charge >= 0.3 is 0 Å². The molecule has 0 fully saturated rings. The van der Waals surface area contributed by atoms with Gasteiger partial charge in [0.1, 0.15) is 6.04 Å². The highest BCUT2D eigenvalue weighted by Crippen LogP contribution is 2.17. The van der Waals surface area contributed by atoms with Crippen LogP contribution in [0, 0.1) is 13.8 Å². The fourth-order valence-electron chi connectivity index (χ4n) is 2.95. The minimum Gasteiger partial charge on any atom is -0.354 e. The molecule has 0 spiro atoms. The topological polar surface area (TPSA) is 49.4 Å². The number of aryl methyl sites for hydroxylation is 2. The van der Waals surface area contributed by atoms with Gasteiger partial charge in [-0.3, -0.25) is 9.59 Å². The molecule has 150 valence electrons. The first-order chi connectivity index (χ1) is 13.3. The van der Waals surface area contributed by atoms with Gasteiger partial charge in [0.15, 0.2) is 0 Å². The largest absolute Gasteiger partial charge is 0.354 e. The van der Waals surface area contributed by atoms with Crippen LogP contribution in [0.25, 0.3) is 0 Å². The van der Waals surface area contributed by atoms with E-state index in [1.54, 1.807) is 11.8 Å². The molecule has 5 heteroatoms. The van der Waals surface area contributed by atoms with E-state index in [0.717, 1.165) is 22.0 Å². The van der Waals surface area contributed by atoms with Crippen LogP contribution in [0.15, 0.2) is 46.9 Å². The van der Waals surface area contributed by atoms with Crippen molar-refractivity contribution in [3.63, 3.8) is 0 Å². The fraction of sp³-hybridized carbons (Fsp3) is 0.391. The Morgan fingerprint density at radius 1 is 1.04 bits per heavy atom. The van der Waals surface area contributed by atoms with Crippen LogP contribution in [-0.4, -0.2) is 29.3 Å². The van der Waals surface area contributed by atoms with E-state index in [2.05, 4.69) is 28.2 Å². The number of carbonyl (C=O) groups excluding carboxylic acids is 2. The molecule has 28 heavy (non-hydrogen) atoms. The molecule has 0 radical (unpaired) electrons. The lowest BCUT2D eigenvalue weighted by atomic mass is 10.0. The summed E-state index contributed by atoms with van der Waals surface area (Å²) < 4.78 is 0.984. The lowest BCUT2D eigenvalue weighted by Crippen LogP contribution is -2.48. The van der Waals surface area contributed by atoms with Crippen LogP contribution in [0.3, 0.4) is 0 Å². The summed E-state index contributed by atoms with van der Waals surface area (Å²) in [5.41, 5.74) is 4.33. The first-order valence-electron chi connectivity index (χ1n) is 9.69. The summed E-state index contributed by atoms with van der Waals surface area (Å²) in [5, 5.41) is 2.90. The highest BCUT2D eigenvalue weighted by atomic mass is 79.9. The SMILES string of the molecule is CCCNC(=O)[C@@H](C)N(Cc1ccc(Br)cc1)C(=O)Cc1ccc(C)c(C)c1. The summed E-state index contributed by atoms with van der Waals surface area (Å²) in [6, 6.07) is 13.4. The molecule has 0 heterocycles. The lowest BCUT2D eigenvalue weighted by molar-refractivity contribution is -0.140. The third kappa shape index (κ3) is 6.20. The first-order valence-corrected chi connectivity index (χ1v) is 10.5. The highest BCUT2D eigenvalue weighted by Gasteiger charge is 2.26. The van der Waals surface area contributed by atoms with Crippen molar-refractivity contribution in [3.05, 3.63) is 69.2 Å². The van der Waals surface area contributed by atoms with Gasteiger partial charge in [0.25, 0.3) is 0 Å². The predicted octanol–water partition coefficient (Wildman–Crippen LogP) is 4.55. The van der Waals surface area contributed by atoms with Gasteiger partial charge in [-0.15, -0.1) is 0 Å². The second-order valence-corrected chi connectivity index (χ2v) is 8.13. The van der Waals surface area contributed by atoms with E-state index in [9.17, 15) is 9.59 Å². The molecule has 0 bridgehead atoms. The van der Waals surface area contributed by atoms with Crippen LogP contribution >= 0.6 is 15.9 Å². The van der Waals surface area contributed by atoms with Crippen molar-refractivity contribution in [2.75, 3.05) is 6.54 Å². The first kappa shape index (κ1) is 22.2. The van der Waals surface area contributed by atoms with E-state index in [0.29, 0.717) is 13.1 Å². The minimum atomic E-state index is -0.533. The van der Waals surface area contributed by atoms with Crippen molar-refractivity contribution in [3.8, 4) is 0 Å². The average Bonchev–Trinajstić information content (AvgIpc) is 2.67. The van der Waals surface area contributed by atoms with Crippen LogP contribution in [0.1, 0.15) is 42.5 Å². The van der Waals surface area contributed by atoms with E-state index in [1.165, 1.54) is 11.1 Å². The average molecular weight is 445 g/mol. The van der Waals surface area contributed by atoms with Gasteiger partial charge in [0, 0.05) is 17.6 Å². The van der Waals surface area contributed by atoms with Crippen molar-refractivity contribution < 1.29 is 9.59 Å². The summed E-state index contributed by atoms with van der Waals surface area (Å²) in [7, 11) is 0. The molecular formula is C23H29BrN2O2. The Kier molecular flexibility index (Phi) is 8.24. The predicted molar refractivity (Wildman–Crippen MR) is 117 cm³/mol. The third-order valence-corrected chi connectivity index (χ3v) is 5.44. The number of hydrogen-bond acceptors (Lipinski definition) is 2. The molecule has 2 aromatic carbocycles. The van der Waals surface area contributed by atoms with Crippen LogP contribution in [0.2, 0.25) is 0 Å². The van der Waals surface area contributed by atoms with Gasteiger partial charge < -0.3 is 10.2 Å². The highest BCUT2D eigenvalue weighted by molar-refractivity contribution is 9.10. The zero-order valence-corrected chi connectivity index (χ0v) is 18.7. The number of nitrogens with zero attached hydrogens (tertiary/aromatic N) is 1. The molecule has 0 aliphatic rings. The van der Waals surface area contributed by atoms with Gasteiger partial charge in [0.2, 0.25) is 11.8 Å². The quantitative estimate of drug-likeness (QED) is 0.648. The van der Waals surface area contributed by atoms with Crippen LogP contribution < -0.4 is 5.32 Å². The number of benzene rings is 2. The second kappa shape index (κ2) is 10.4. The Balaban J connectivity index is 2.21. The molecule has 0 aliphatic heterocycles. The van der Waals surface area contributed by atoms with Crippen LogP contribution in [-0.2, 0) is 22.6 Å². The molecule has 0 saturated carbocycles. The van der Waals surface area contributed by atoms with Crippen LogP contribution in [0.5, 0.6) is 0 Å². The molecule has 0 unspecified atom stereocenters. The lowest BCUT2D eigenvalue weighted by Gasteiger charge is -2.29. The van der Waals surface area contributed by atoms with Gasteiger partial charge in [-0.25, -0.2) is 0 Å². The molecule has 0 saturated heterocycles. The monoisotopic (exact) mass is 444 g/mol. The molecule has 4 nitrogen and oxygen atoms in total. The number of halogens is 1. The number of carbonyl (C=O) groups is 2. The normalized spacial score (nSPS) is 11.8. The molecule has 0 aromatic heterocycles.